The van der Waals surface area contributed by atoms with Crippen molar-refractivity contribution in [3.63, 3.8) is 0 Å². The van der Waals surface area contributed by atoms with Gasteiger partial charge >= 0.3 is 85.3 Å². The molecule has 66 valence electrons. The molecular formula is C10H14SSe. The monoisotopic (exact) mass is 246 g/mol. The quantitative estimate of drug-likeness (QED) is 0.580. The van der Waals surface area contributed by atoms with E-state index in [0.717, 1.165) is 5.75 Å². The van der Waals surface area contributed by atoms with Crippen LogP contribution in [0.1, 0.15) is 13.8 Å². The molecule has 0 nitrogen and oxygen atoms in total. The Morgan fingerprint density at radius 2 is 1.83 bits per heavy atom. The summed E-state index contributed by atoms with van der Waals surface area (Å²) in [6.07, 6.45) is 0. The van der Waals surface area contributed by atoms with Crippen molar-refractivity contribution < 1.29 is 0 Å². The molecule has 0 atom stereocenters. The average molecular weight is 245 g/mol. The molecule has 0 heterocycles. The third-order valence-corrected chi connectivity index (χ3v) is 4.22. The molecule has 2 heteroatoms. The van der Waals surface area contributed by atoms with Crippen LogP contribution in [0.3, 0.4) is 0 Å². The summed E-state index contributed by atoms with van der Waals surface area (Å²) in [6, 6.07) is 9.00. The Hall–Kier alpha value is 0.0895. The molecule has 1 aromatic rings. The Balaban J connectivity index is 2.58. The van der Waals surface area contributed by atoms with E-state index in [9.17, 15) is 0 Å². The summed E-state index contributed by atoms with van der Waals surface area (Å²) in [5, 5.41) is 1.30. The van der Waals surface area contributed by atoms with Crippen molar-refractivity contribution >= 4 is 31.2 Å². The van der Waals surface area contributed by atoms with E-state index < -0.39 is 0 Å². The Kier molecular flexibility index (Phi) is 4.82. The van der Waals surface area contributed by atoms with E-state index in [1.807, 2.05) is 11.8 Å². The number of rotatable bonds is 4. The van der Waals surface area contributed by atoms with Crippen LogP contribution in [-0.4, -0.2) is 20.7 Å². The molecule has 0 fully saturated rings. The molecule has 0 bridgehead atoms. The summed E-state index contributed by atoms with van der Waals surface area (Å²) in [7, 11) is 0. The van der Waals surface area contributed by atoms with Gasteiger partial charge < -0.3 is 0 Å². The molecule has 0 spiro atoms. The zero-order valence-electron chi connectivity index (χ0n) is 7.54. The second-order valence-corrected chi connectivity index (χ2v) is 6.48. The molecule has 0 saturated heterocycles. The van der Waals surface area contributed by atoms with Gasteiger partial charge in [0.25, 0.3) is 0 Å². The van der Waals surface area contributed by atoms with Crippen molar-refractivity contribution in [2.75, 3.05) is 5.75 Å². The van der Waals surface area contributed by atoms with Crippen molar-refractivity contribution in [3.8, 4) is 0 Å². The van der Waals surface area contributed by atoms with Gasteiger partial charge in [-0.25, -0.2) is 0 Å². The SMILES string of the molecule is CCSc1ccc([Se]CC)cc1. The summed E-state index contributed by atoms with van der Waals surface area (Å²) in [4.78, 5) is 1.40. The van der Waals surface area contributed by atoms with E-state index in [1.54, 1.807) is 0 Å². The van der Waals surface area contributed by atoms with Crippen LogP contribution in [0, 0.1) is 0 Å². The zero-order chi connectivity index (χ0) is 8.81. The van der Waals surface area contributed by atoms with Crippen molar-refractivity contribution in [1.82, 2.24) is 0 Å². The van der Waals surface area contributed by atoms with Crippen LogP contribution in [0.5, 0.6) is 0 Å². The number of hydrogen-bond acceptors (Lipinski definition) is 1. The Morgan fingerprint density at radius 3 is 2.33 bits per heavy atom. The van der Waals surface area contributed by atoms with Crippen LogP contribution in [-0.2, 0) is 0 Å². The van der Waals surface area contributed by atoms with E-state index >= 15 is 0 Å². The summed E-state index contributed by atoms with van der Waals surface area (Å²) < 4.78 is 1.52. The number of hydrogen-bond donors (Lipinski definition) is 0. The van der Waals surface area contributed by atoms with Gasteiger partial charge in [0, 0.05) is 0 Å². The first kappa shape index (κ1) is 10.2. The minimum absolute atomic E-state index is 0.690. The second kappa shape index (κ2) is 5.69. The third kappa shape index (κ3) is 3.22. The van der Waals surface area contributed by atoms with E-state index in [1.165, 1.54) is 14.7 Å². The van der Waals surface area contributed by atoms with Gasteiger partial charge in [-0.3, -0.25) is 0 Å². The maximum absolute atomic E-state index is 2.27. The fraction of sp³-hybridized carbons (Fsp3) is 0.400. The molecule has 0 aromatic heterocycles. The maximum atomic E-state index is 2.27. The van der Waals surface area contributed by atoms with E-state index in [4.69, 9.17) is 0 Å². The Bertz CT molecular complexity index is 193. The predicted octanol–water partition coefficient (Wildman–Crippen LogP) is 2.57. The predicted molar refractivity (Wildman–Crippen MR) is 58.7 cm³/mol. The number of benzene rings is 1. The molecule has 0 saturated carbocycles. The first-order chi connectivity index (χ1) is 5.86. The van der Waals surface area contributed by atoms with Crippen molar-refractivity contribution in [2.45, 2.75) is 24.1 Å². The van der Waals surface area contributed by atoms with Crippen molar-refractivity contribution in [3.05, 3.63) is 24.3 Å². The average Bonchev–Trinajstić information content (AvgIpc) is 2.09. The van der Waals surface area contributed by atoms with Gasteiger partial charge in [-0.1, -0.05) is 0 Å². The minimum atomic E-state index is 0.690. The van der Waals surface area contributed by atoms with Gasteiger partial charge in [-0.15, -0.1) is 0 Å². The van der Waals surface area contributed by atoms with Gasteiger partial charge in [0.2, 0.25) is 0 Å². The second-order valence-electron chi connectivity index (χ2n) is 2.34. The molecule has 0 amide bonds. The van der Waals surface area contributed by atoms with E-state index in [2.05, 4.69) is 38.1 Å². The molecule has 0 unspecified atom stereocenters. The fourth-order valence-corrected chi connectivity index (χ4v) is 3.02. The summed E-state index contributed by atoms with van der Waals surface area (Å²) in [5.74, 6) is 1.16. The van der Waals surface area contributed by atoms with Crippen LogP contribution in [0.25, 0.3) is 0 Å². The van der Waals surface area contributed by atoms with Gasteiger partial charge in [-0.05, 0) is 0 Å². The van der Waals surface area contributed by atoms with Gasteiger partial charge in [-0.2, -0.15) is 0 Å². The summed E-state index contributed by atoms with van der Waals surface area (Å²) in [5.41, 5.74) is 0. The molecule has 0 aliphatic carbocycles. The van der Waals surface area contributed by atoms with Crippen LogP contribution in [0.15, 0.2) is 29.2 Å². The van der Waals surface area contributed by atoms with E-state index in [0.29, 0.717) is 15.0 Å². The summed E-state index contributed by atoms with van der Waals surface area (Å²) >= 11 is 2.60. The van der Waals surface area contributed by atoms with E-state index in [-0.39, 0.29) is 0 Å². The van der Waals surface area contributed by atoms with Crippen molar-refractivity contribution in [1.29, 1.82) is 0 Å². The molecule has 12 heavy (non-hydrogen) atoms. The Morgan fingerprint density at radius 1 is 1.17 bits per heavy atom. The molecule has 0 radical (unpaired) electrons. The van der Waals surface area contributed by atoms with Crippen LogP contribution >= 0.6 is 11.8 Å². The fourth-order valence-electron chi connectivity index (χ4n) is 0.965. The molecular weight excluding hydrogens is 231 g/mol. The molecule has 0 aliphatic heterocycles. The summed E-state index contributed by atoms with van der Waals surface area (Å²) in [6.45, 7) is 4.43. The number of thioether (sulfide) groups is 1. The first-order valence-electron chi connectivity index (χ1n) is 4.22. The van der Waals surface area contributed by atoms with Crippen LogP contribution < -0.4 is 4.46 Å². The van der Waals surface area contributed by atoms with Gasteiger partial charge in [0.1, 0.15) is 0 Å². The van der Waals surface area contributed by atoms with Gasteiger partial charge in [0.15, 0.2) is 0 Å². The van der Waals surface area contributed by atoms with Crippen molar-refractivity contribution in [2.24, 2.45) is 0 Å². The normalized spacial score (nSPS) is 10.2. The van der Waals surface area contributed by atoms with Gasteiger partial charge in [0.05, 0.1) is 0 Å². The zero-order valence-corrected chi connectivity index (χ0v) is 10.1. The molecule has 1 rings (SSSR count). The standard InChI is InChI=1S/C10H14SSe/c1-3-11-9-5-7-10(8-6-9)12-4-2/h5-8H,3-4H2,1-2H3. The molecule has 0 N–H and O–H groups in total. The van der Waals surface area contributed by atoms with Crippen LogP contribution in [0.2, 0.25) is 5.32 Å². The third-order valence-electron chi connectivity index (χ3n) is 1.45. The Labute approximate surface area is 85.3 Å². The molecule has 0 aliphatic rings. The van der Waals surface area contributed by atoms with Crippen LogP contribution in [0.4, 0.5) is 0 Å². The molecule has 1 aromatic carbocycles. The first-order valence-corrected chi connectivity index (χ1v) is 7.27. The topological polar surface area (TPSA) is 0 Å².